The summed E-state index contributed by atoms with van der Waals surface area (Å²) >= 11 is 0. The Bertz CT molecular complexity index is 246. The van der Waals surface area contributed by atoms with Gasteiger partial charge in [0.05, 0.1) is 7.11 Å². The van der Waals surface area contributed by atoms with Gasteiger partial charge in [-0.2, -0.15) is 0 Å². The number of nitrogens with one attached hydrogen (secondary N) is 1. The van der Waals surface area contributed by atoms with E-state index >= 15 is 0 Å². The van der Waals surface area contributed by atoms with Crippen LogP contribution in [-0.2, 0) is 6.42 Å². The Kier molecular flexibility index (Phi) is 3.71. The second kappa shape index (κ2) is 4.82. The lowest BCUT2D eigenvalue weighted by molar-refractivity contribution is 0.397. The largest absolute Gasteiger partial charge is 0.481 e. The van der Waals surface area contributed by atoms with Gasteiger partial charge in [0.1, 0.15) is 0 Å². The molecular weight excluding hydrogens is 164 g/mol. The lowest BCUT2D eigenvalue weighted by Gasteiger charge is -2.09. The molecule has 13 heavy (non-hydrogen) atoms. The van der Waals surface area contributed by atoms with Crippen molar-refractivity contribution >= 4 is 0 Å². The van der Waals surface area contributed by atoms with E-state index in [0.717, 1.165) is 6.42 Å². The van der Waals surface area contributed by atoms with Crippen molar-refractivity contribution < 1.29 is 4.74 Å². The van der Waals surface area contributed by atoms with Crippen LogP contribution in [0.3, 0.4) is 0 Å². The van der Waals surface area contributed by atoms with Gasteiger partial charge in [0.25, 0.3) is 0 Å². The maximum absolute atomic E-state index is 4.97. The molecule has 0 radical (unpaired) electrons. The number of pyridine rings is 1. The zero-order chi connectivity index (χ0) is 9.68. The minimum absolute atomic E-state index is 0.482. The standard InChI is InChI=1S/C10H16N2O/c1-8(11-2)6-9-4-5-10(13-3)12-7-9/h4-5,7-8,11H,6H2,1-3H3. The monoisotopic (exact) mass is 180 g/mol. The zero-order valence-corrected chi connectivity index (χ0v) is 8.37. The number of hydrogen-bond acceptors (Lipinski definition) is 3. The highest BCUT2D eigenvalue weighted by Gasteiger charge is 2.00. The number of aromatic nitrogens is 1. The van der Waals surface area contributed by atoms with E-state index in [-0.39, 0.29) is 0 Å². The summed E-state index contributed by atoms with van der Waals surface area (Å²) < 4.78 is 4.97. The Balaban J connectivity index is 2.58. The van der Waals surface area contributed by atoms with E-state index in [2.05, 4.69) is 17.2 Å². The van der Waals surface area contributed by atoms with Gasteiger partial charge in [-0.05, 0) is 26.0 Å². The highest BCUT2D eigenvalue weighted by atomic mass is 16.5. The molecule has 1 atom stereocenters. The van der Waals surface area contributed by atoms with Crippen LogP contribution in [0.15, 0.2) is 18.3 Å². The zero-order valence-electron chi connectivity index (χ0n) is 8.37. The summed E-state index contributed by atoms with van der Waals surface area (Å²) in [5, 5.41) is 3.18. The molecule has 1 aromatic rings. The molecule has 3 heteroatoms. The van der Waals surface area contributed by atoms with E-state index in [1.807, 2.05) is 25.4 Å². The average Bonchev–Trinajstić information content (AvgIpc) is 2.19. The molecule has 1 heterocycles. The number of methoxy groups -OCH3 is 1. The molecule has 0 bridgehead atoms. The van der Waals surface area contributed by atoms with Crippen LogP contribution in [0.5, 0.6) is 5.88 Å². The first-order chi connectivity index (χ1) is 6.26. The van der Waals surface area contributed by atoms with Crippen LogP contribution in [0.25, 0.3) is 0 Å². The number of ether oxygens (including phenoxy) is 1. The lowest BCUT2D eigenvalue weighted by atomic mass is 10.1. The van der Waals surface area contributed by atoms with Crippen molar-refractivity contribution in [2.45, 2.75) is 19.4 Å². The Morgan fingerprint density at radius 2 is 2.31 bits per heavy atom. The molecule has 0 spiro atoms. The molecule has 1 unspecified atom stereocenters. The molecule has 1 aromatic heterocycles. The Hall–Kier alpha value is -1.09. The number of likely N-dealkylation sites (N-methyl/N-ethyl adjacent to an activating group) is 1. The highest BCUT2D eigenvalue weighted by Crippen LogP contribution is 2.08. The summed E-state index contributed by atoms with van der Waals surface area (Å²) in [6.45, 7) is 2.14. The summed E-state index contributed by atoms with van der Waals surface area (Å²) in [7, 11) is 3.58. The van der Waals surface area contributed by atoms with Crippen LogP contribution < -0.4 is 10.1 Å². The molecule has 0 saturated carbocycles. The van der Waals surface area contributed by atoms with Gasteiger partial charge in [-0.1, -0.05) is 6.07 Å². The number of rotatable bonds is 4. The van der Waals surface area contributed by atoms with E-state index in [1.54, 1.807) is 7.11 Å². The summed E-state index contributed by atoms with van der Waals surface area (Å²) in [6, 6.07) is 4.41. The van der Waals surface area contributed by atoms with Crippen molar-refractivity contribution in [2.24, 2.45) is 0 Å². The molecule has 0 amide bonds. The minimum atomic E-state index is 0.482. The van der Waals surface area contributed by atoms with E-state index in [9.17, 15) is 0 Å². The topological polar surface area (TPSA) is 34.1 Å². The second-order valence-electron chi connectivity index (χ2n) is 3.10. The fourth-order valence-electron chi connectivity index (χ4n) is 1.11. The first-order valence-corrected chi connectivity index (χ1v) is 4.42. The van der Waals surface area contributed by atoms with Gasteiger partial charge in [0, 0.05) is 18.3 Å². The SMILES string of the molecule is CNC(C)Cc1ccc(OC)nc1. The van der Waals surface area contributed by atoms with E-state index in [1.165, 1.54) is 5.56 Å². The van der Waals surface area contributed by atoms with Crippen LogP contribution >= 0.6 is 0 Å². The van der Waals surface area contributed by atoms with Crippen molar-refractivity contribution in [3.63, 3.8) is 0 Å². The molecule has 3 nitrogen and oxygen atoms in total. The third-order valence-corrected chi connectivity index (χ3v) is 2.04. The van der Waals surface area contributed by atoms with Crippen molar-refractivity contribution in [1.29, 1.82) is 0 Å². The van der Waals surface area contributed by atoms with Crippen LogP contribution in [0, 0.1) is 0 Å². The number of hydrogen-bond donors (Lipinski definition) is 1. The molecular formula is C10H16N2O. The maximum Gasteiger partial charge on any atom is 0.212 e. The summed E-state index contributed by atoms with van der Waals surface area (Å²) in [6.07, 6.45) is 2.85. The van der Waals surface area contributed by atoms with Gasteiger partial charge in [0.15, 0.2) is 0 Å². The second-order valence-corrected chi connectivity index (χ2v) is 3.10. The van der Waals surface area contributed by atoms with Gasteiger partial charge in [0.2, 0.25) is 5.88 Å². The first-order valence-electron chi connectivity index (χ1n) is 4.42. The fourth-order valence-corrected chi connectivity index (χ4v) is 1.11. The Morgan fingerprint density at radius 3 is 2.77 bits per heavy atom. The number of nitrogens with zero attached hydrogens (tertiary/aromatic N) is 1. The first kappa shape index (κ1) is 9.99. The molecule has 0 aliphatic heterocycles. The molecule has 72 valence electrons. The summed E-state index contributed by atoms with van der Waals surface area (Å²) in [5.74, 6) is 0.667. The van der Waals surface area contributed by atoms with Gasteiger partial charge < -0.3 is 10.1 Å². The van der Waals surface area contributed by atoms with Crippen molar-refractivity contribution in [3.8, 4) is 5.88 Å². The quantitative estimate of drug-likeness (QED) is 0.757. The molecule has 0 saturated heterocycles. The third kappa shape index (κ3) is 3.03. The Labute approximate surface area is 79.1 Å². The summed E-state index contributed by atoms with van der Waals surface area (Å²) in [5.41, 5.74) is 1.22. The minimum Gasteiger partial charge on any atom is -0.481 e. The maximum atomic E-state index is 4.97. The van der Waals surface area contributed by atoms with E-state index in [4.69, 9.17) is 4.74 Å². The molecule has 0 aliphatic rings. The molecule has 0 aromatic carbocycles. The van der Waals surface area contributed by atoms with Gasteiger partial charge in [-0.15, -0.1) is 0 Å². The predicted molar refractivity (Wildman–Crippen MR) is 53.0 cm³/mol. The van der Waals surface area contributed by atoms with E-state index < -0.39 is 0 Å². The lowest BCUT2D eigenvalue weighted by Crippen LogP contribution is -2.23. The van der Waals surface area contributed by atoms with Crippen LogP contribution in [-0.4, -0.2) is 25.2 Å². The van der Waals surface area contributed by atoms with Crippen LogP contribution in [0.2, 0.25) is 0 Å². The normalized spacial score (nSPS) is 12.5. The van der Waals surface area contributed by atoms with Gasteiger partial charge in [-0.25, -0.2) is 4.98 Å². The molecule has 1 N–H and O–H groups in total. The Morgan fingerprint density at radius 1 is 1.54 bits per heavy atom. The summed E-state index contributed by atoms with van der Waals surface area (Å²) in [4.78, 5) is 4.13. The van der Waals surface area contributed by atoms with Gasteiger partial charge >= 0.3 is 0 Å². The molecule has 0 fully saturated rings. The average molecular weight is 180 g/mol. The van der Waals surface area contributed by atoms with Crippen molar-refractivity contribution in [2.75, 3.05) is 14.2 Å². The smallest absolute Gasteiger partial charge is 0.212 e. The fraction of sp³-hybridized carbons (Fsp3) is 0.500. The van der Waals surface area contributed by atoms with Gasteiger partial charge in [-0.3, -0.25) is 0 Å². The van der Waals surface area contributed by atoms with E-state index in [0.29, 0.717) is 11.9 Å². The predicted octanol–water partition coefficient (Wildman–Crippen LogP) is 1.24. The van der Waals surface area contributed by atoms with Crippen LogP contribution in [0.4, 0.5) is 0 Å². The van der Waals surface area contributed by atoms with Crippen molar-refractivity contribution in [3.05, 3.63) is 23.9 Å². The molecule has 0 aliphatic carbocycles. The third-order valence-electron chi connectivity index (χ3n) is 2.04. The van der Waals surface area contributed by atoms with Crippen molar-refractivity contribution in [1.82, 2.24) is 10.3 Å². The molecule has 1 rings (SSSR count). The van der Waals surface area contributed by atoms with Crippen LogP contribution in [0.1, 0.15) is 12.5 Å². The highest BCUT2D eigenvalue weighted by molar-refractivity contribution is 5.18.